The van der Waals surface area contributed by atoms with Gasteiger partial charge in [0.15, 0.2) is 0 Å². The molecule has 3 N–H and O–H groups in total. The van der Waals surface area contributed by atoms with Crippen LogP contribution in [0.2, 0.25) is 0 Å². The summed E-state index contributed by atoms with van der Waals surface area (Å²) in [7, 11) is 0. The Morgan fingerprint density at radius 3 is 2.50 bits per heavy atom. The van der Waals surface area contributed by atoms with Gasteiger partial charge in [-0.2, -0.15) is 0 Å². The van der Waals surface area contributed by atoms with Crippen LogP contribution in [0.5, 0.6) is 11.5 Å². The number of nitrogens with zero attached hydrogens (tertiary/aromatic N) is 1. The molecule has 6 heteroatoms. The van der Waals surface area contributed by atoms with Crippen LogP contribution in [0.1, 0.15) is 74.2 Å². The Morgan fingerprint density at radius 2 is 1.81 bits per heavy atom. The van der Waals surface area contributed by atoms with E-state index < -0.39 is 0 Å². The monoisotopic (exact) mass is 436 g/mol. The topological polar surface area (TPSA) is 95.6 Å². The lowest BCUT2D eigenvalue weighted by molar-refractivity contribution is 0.0920. The van der Waals surface area contributed by atoms with Crippen molar-refractivity contribution < 1.29 is 19.5 Å². The quantitative estimate of drug-likeness (QED) is 0.469. The second-order valence-electron chi connectivity index (χ2n) is 8.37. The lowest BCUT2D eigenvalue weighted by Gasteiger charge is -2.17. The van der Waals surface area contributed by atoms with Crippen LogP contribution in [0.15, 0.2) is 34.9 Å². The Balaban J connectivity index is 0.00000289. The first-order chi connectivity index (χ1) is 14.9. The zero-order valence-electron chi connectivity index (χ0n) is 18.2. The highest BCUT2D eigenvalue weighted by atomic mass is 16.5. The summed E-state index contributed by atoms with van der Waals surface area (Å²) in [6.07, 6.45) is 4.40. The van der Waals surface area contributed by atoms with Crippen LogP contribution in [0.3, 0.4) is 0 Å². The SMILES string of the molecule is C.CCNC(=O)c1onc(-c2cc(C(C)C)c(O)cc2O)c1-c1ccc2c(c1)CCCC2. The molecule has 0 fully saturated rings. The zero-order valence-corrected chi connectivity index (χ0v) is 18.2. The lowest BCUT2D eigenvalue weighted by atomic mass is 9.87. The number of fused-ring (bicyclic) bond motifs is 1. The van der Waals surface area contributed by atoms with Gasteiger partial charge in [-0.1, -0.05) is 44.6 Å². The normalized spacial score (nSPS) is 12.9. The van der Waals surface area contributed by atoms with E-state index in [4.69, 9.17) is 4.52 Å². The lowest BCUT2D eigenvalue weighted by Crippen LogP contribution is -2.22. The molecule has 1 amide bonds. The van der Waals surface area contributed by atoms with E-state index in [1.807, 2.05) is 26.8 Å². The molecule has 0 bridgehead atoms. The largest absolute Gasteiger partial charge is 0.508 e. The molecule has 4 rings (SSSR count). The molecule has 1 aliphatic rings. The van der Waals surface area contributed by atoms with Crippen LogP contribution in [0, 0.1) is 0 Å². The molecule has 0 spiro atoms. The number of carbonyl (C=O) groups excluding carboxylic acids is 1. The van der Waals surface area contributed by atoms with Crippen molar-refractivity contribution in [2.75, 3.05) is 6.54 Å². The maximum absolute atomic E-state index is 12.7. The first-order valence-electron chi connectivity index (χ1n) is 10.9. The average molecular weight is 437 g/mol. The summed E-state index contributed by atoms with van der Waals surface area (Å²) in [6, 6.07) is 9.24. The van der Waals surface area contributed by atoms with Gasteiger partial charge >= 0.3 is 0 Å². The second kappa shape index (κ2) is 9.47. The Labute approximate surface area is 189 Å². The molecule has 170 valence electrons. The number of aromatic hydroxyl groups is 2. The van der Waals surface area contributed by atoms with E-state index in [1.54, 1.807) is 6.07 Å². The molecule has 0 unspecified atom stereocenters. The summed E-state index contributed by atoms with van der Waals surface area (Å²) in [5.74, 6) is -0.278. The molecule has 3 aromatic rings. The van der Waals surface area contributed by atoms with Crippen LogP contribution in [0.25, 0.3) is 22.4 Å². The number of nitrogens with one attached hydrogen (secondary N) is 1. The summed E-state index contributed by atoms with van der Waals surface area (Å²) in [5, 5.41) is 27.8. The minimum absolute atomic E-state index is 0. The number of aryl methyl sites for hydroxylation is 2. The van der Waals surface area contributed by atoms with E-state index in [9.17, 15) is 15.0 Å². The molecule has 1 aliphatic carbocycles. The smallest absolute Gasteiger partial charge is 0.290 e. The molecule has 0 saturated heterocycles. The average Bonchev–Trinajstić information content (AvgIpc) is 3.18. The highest BCUT2D eigenvalue weighted by Crippen LogP contribution is 2.43. The third-order valence-corrected chi connectivity index (χ3v) is 5.89. The van der Waals surface area contributed by atoms with E-state index in [0.29, 0.717) is 28.9 Å². The molecule has 0 atom stereocenters. The van der Waals surface area contributed by atoms with Crippen molar-refractivity contribution in [3.63, 3.8) is 0 Å². The minimum atomic E-state index is -0.351. The van der Waals surface area contributed by atoms with E-state index in [-0.39, 0.29) is 36.5 Å². The molecule has 1 aromatic heterocycles. The fourth-order valence-electron chi connectivity index (χ4n) is 4.27. The highest BCUT2D eigenvalue weighted by molar-refractivity contribution is 6.02. The van der Waals surface area contributed by atoms with Crippen LogP contribution in [0.4, 0.5) is 0 Å². The van der Waals surface area contributed by atoms with Crippen LogP contribution < -0.4 is 5.32 Å². The Kier molecular flexibility index (Phi) is 6.92. The number of aromatic nitrogens is 1. The van der Waals surface area contributed by atoms with Gasteiger partial charge in [-0.25, -0.2) is 0 Å². The van der Waals surface area contributed by atoms with E-state index in [0.717, 1.165) is 24.8 Å². The number of rotatable bonds is 5. The van der Waals surface area contributed by atoms with Gasteiger partial charge in [0.1, 0.15) is 17.2 Å². The fraction of sp³-hybridized carbons (Fsp3) is 0.385. The second-order valence-corrected chi connectivity index (χ2v) is 8.37. The van der Waals surface area contributed by atoms with Gasteiger partial charge in [0, 0.05) is 18.2 Å². The first-order valence-corrected chi connectivity index (χ1v) is 10.9. The van der Waals surface area contributed by atoms with Gasteiger partial charge in [0.25, 0.3) is 5.91 Å². The third kappa shape index (κ3) is 4.22. The molecule has 2 aromatic carbocycles. The molecular weight excluding hydrogens is 404 g/mol. The van der Waals surface area contributed by atoms with Crippen molar-refractivity contribution in [2.24, 2.45) is 0 Å². The van der Waals surface area contributed by atoms with E-state index in [1.165, 1.54) is 23.6 Å². The number of hydrogen-bond donors (Lipinski definition) is 3. The third-order valence-electron chi connectivity index (χ3n) is 5.89. The van der Waals surface area contributed by atoms with Crippen molar-refractivity contribution in [1.29, 1.82) is 0 Å². The fourth-order valence-corrected chi connectivity index (χ4v) is 4.27. The van der Waals surface area contributed by atoms with E-state index >= 15 is 0 Å². The number of amides is 1. The van der Waals surface area contributed by atoms with Crippen molar-refractivity contribution in [3.8, 4) is 33.9 Å². The summed E-state index contributed by atoms with van der Waals surface area (Å²) >= 11 is 0. The summed E-state index contributed by atoms with van der Waals surface area (Å²) in [5.41, 5.74) is 5.49. The van der Waals surface area contributed by atoms with Crippen LogP contribution in [-0.4, -0.2) is 27.8 Å². The standard InChI is InChI=1S/C25H28N2O4.CH4/c1-4-26-25(30)24-22(17-10-9-15-7-5-6-8-16(15)11-17)23(27-31-24)19-12-18(14(2)3)20(28)13-21(19)29;/h9-14,28-29H,4-8H2,1-3H3,(H,26,30);1H4. The molecule has 0 radical (unpaired) electrons. The van der Waals surface area contributed by atoms with Crippen molar-refractivity contribution >= 4 is 5.91 Å². The highest BCUT2D eigenvalue weighted by Gasteiger charge is 2.27. The van der Waals surface area contributed by atoms with Crippen LogP contribution >= 0.6 is 0 Å². The molecule has 0 aliphatic heterocycles. The Bertz CT molecular complexity index is 1130. The Morgan fingerprint density at radius 1 is 1.09 bits per heavy atom. The zero-order chi connectivity index (χ0) is 22.1. The number of phenolic OH excluding ortho intramolecular Hbond substituents is 2. The van der Waals surface area contributed by atoms with Gasteiger partial charge in [-0.3, -0.25) is 4.79 Å². The number of hydrogen-bond acceptors (Lipinski definition) is 5. The van der Waals surface area contributed by atoms with Crippen molar-refractivity contribution in [3.05, 3.63) is 52.8 Å². The maximum Gasteiger partial charge on any atom is 0.290 e. The van der Waals surface area contributed by atoms with Crippen LogP contribution in [-0.2, 0) is 12.8 Å². The summed E-state index contributed by atoms with van der Waals surface area (Å²) < 4.78 is 5.51. The predicted octanol–water partition coefficient (Wildman–Crippen LogP) is 5.81. The number of carbonyl (C=O) groups is 1. The number of benzene rings is 2. The minimum Gasteiger partial charge on any atom is -0.508 e. The molecular formula is C26H32N2O4. The molecule has 0 saturated carbocycles. The molecule has 6 nitrogen and oxygen atoms in total. The molecule has 32 heavy (non-hydrogen) atoms. The van der Waals surface area contributed by atoms with E-state index in [2.05, 4.69) is 22.6 Å². The van der Waals surface area contributed by atoms with Crippen molar-refractivity contribution in [2.45, 2.75) is 59.8 Å². The van der Waals surface area contributed by atoms with Crippen molar-refractivity contribution in [1.82, 2.24) is 10.5 Å². The summed E-state index contributed by atoms with van der Waals surface area (Å²) in [4.78, 5) is 12.7. The number of phenols is 2. The van der Waals surface area contributed by atoms with Gasteiger partial charge in [-0.05, 0) is 66.8 Å². The molecule has 1 heterocycles. The summed E-state index contributed by atoms with van der Waals surface area (Å²) in [6.45, 7) is 6.22. The first kappa shape index (κ1) is 23.4. The van der Waals surface area contributed by atoms with Gasteiger partial charge in [-0.15, -0.1) is 0 Å². The predicted molar refractivity (Wildman–Crippen MR) is 126 cm³/mol. The van der Waals surface area contributed by atoms with Gasteiger partial charge < -0.3 is 20.1 Å². The maximum atomic E-state index is 12.7. The van der Waals surface area contributed by atoms with Gasteiger partial charge in [0.05, 0.1) is 5.56 Å². The van der Waals surface area contributed by atoms with Gasteiger partial charge in [0.2, 0.25) is 5.76 Å². The Hall–Kier alpha value is -3.28.